The van der Waals surface area contributed by atoms with E-state index in [2.05, 4.69) is 4.98 Å². The van der Waals surface area contributed by atoms with Gasteiger partial charge >= 0.3 is 0 Å². The van der Waals surface area contributed by atoms with Gasteiger partial charge in [-0.3, -0.25) is 4.98 Å². The van der Waals surface area contributed by atoms with Gasteiger partial charge < -0.3 is 9.84 Å². The van der Waals surface area contributed by atoms with E-state index < -0.39 is 0 Å². The minimum absolute atomic E-state index is 0.0799. The first-order valence-electron chi connectivity index (χ1n) is 6.75. The first kappa shape index (κ1) is 13.4. The van der Waals surface area contributed by atoms with Crippen molar-refractivity contribution in [2.24, 2.45) is 5.92 Å². The molecule has 0 saturated heterocycles. The average Bonchev–Trinajstić information content (AvgIpc) is 3.30. The van der Waals surface area contributed by atoms with Gasteiger partial charge in [0.15, 0.2) is 0 Å². The highest BCUT2D eigenvalue weighted by atomic mass is 35.5. The molecule has 4 heteroatoms. The summed E-state index contributed by atoms with van der Waals surface area (Å²) >= 11 is 5.92. The Balaban J connectivity index is 1.93. The molecule has 3 nitrogen and oxygen atoms in total. The van der Waals surface area contributed by atoms with E-state index in [1.165, 1.54) is 12.8 Å². The smallest absolute Gasteiger partial charge is 0.145 e. The van der Waals surface area contributed by atoms with Crippen LogP contribution in [0.25, 0.3) is 11.1 Å². The number of hydrogen-bond acceptors (Lipinski definition) is 3. The Kier molecular flexibility index (Phi) is 3.90. The fraction of sp³-hybridized carbons (Fsp3) is 0.312. The maximum atomic E-state index is 9.25. The summed E-state index contributed by atoms with van der Waals surface area (Å²) in [5.41, 5.74) is 2.59. The van der Waals surface area contributed by atoms with Crippen molar-refractivity contribution >= 4 is 11.6 Å². The Bertz CT molecular complexity index is 594. The number of ether oxygens (including phenoxy) is 1. The molecule has 1 aliphatic carbocycles. The third-order valence-electron chi connectivity index (χ3n) is 3.41. The first-order valence-corrected chi connectivity index (χ1v) is 7.12. The number of aromatic nitrogens is 1. The topological polar surface area (TPSA) is 42.4 Å². The molecule has 1 aromatic heterocycles. The summed E-state index contributed by atoms with van der Waals surface area (Å²) in [5, 5.41) is 9.95. The molecule has 0 amide bonds. The average molecular weight is 290 g/mol. The minimum atomic E-state index is -0.0799. The molecule has 2 aromatic rings. The fourth-order valence-electron chi connectivity index (χ4n) is 2.03. The van der Waals surface area contributed by atoms with E-state index in [-0.39, 0.29) is 6.61 Å². The van der Waals surface area contributed by atoms with Gasteiger partial charge in [-0.25, -0.2) is 0 Å². The number of aliphatic hydroxyl groups is 1. The van der Waals surface area contributed by atoms with Crippen LogP contribution in [0.2, 0.25) is 5.02 Å². The molecule has 1 fully saturated rings. The van der Waals surface area contributed by atoms with Gasteiger partial charge in [-0.1, -0.05) is 23.7 Å². The van der Waals surface area contributed by atoms with Crippen LogP contribution in [0.3, 0.4) is 0 Å². The number of rotatable bonds is 5. The molecule has 1 aliphatic rings. The molecule has 1 aromatic carbocycles. The summed E-state index contributed by atoms with van der Waals surface area (Å²) in [6, 6.07) is 9.46. The van der Waals surface area contributed by atoms with E-state index in [4.69, 9.17) is 16.3 Å². The van der Waals surface area contributed by atoms with Gasteiger partial charge in [0.1, 0.15) is 5.75 Å². The Morgan fingerprint density at radius 3 is 2.65 bits per heavy atom. The molecule has 0 atom stereocenters. The molecule has 0 spiro atoms. The van der Waals surface area contributed by atoms with Gasteiger partial charge in [0, 0.05) is 10.6 Å². The van der Waals surface area contributed by atoms with Gasteiger partial charge in [0.05, 0.1) is 25.1 Å². The molecule has 1 N–H and O–H groups in total. The van der Waals surface area contributed by atoms with Crippen LogP contribution in [0.15, 0.2) is 36.5 Å². The summed E-state index contributed by atoms with van der Waals surface area (Å²) in [6.45, 7) is 0.657. The first-order chi connectivity index (χ1) is 9.76. The lowest BCUT2D eigenvalue weighted by molar-refractivity contribution is 0.275. The van der Waals surface area contributed by atoms with E-state index in [1.54, 1.807) is 6.20 Å². The minimum Gasteiger partial charge on any atom is -0.491 e. The van der Waals surface area contributed by atoms with Gasteiger partial charge in [-0.2, -0.15) is 0 Å². The Hall–Kier alpha value is -1.58. The van der Waals surface area contributed by atoms with Crippen LogP contribution in [0.4, 0.5) is 0 Å². The van der Waals surface area contributed by atoms with Crippen molar-refractivity contribution in [2.75, 3.05) is 6.61 Å². The molecule has 0 unspecified atom stereocenters. The van der Waals surface area contributed by atoms with Gasteiger partial charge in [0.25, 0.3) is 0 Å². The SMILES string of the molecule is OCc1cc(-c2ccc(Cl)cc2)c(OCC2CC2)cn1. The van der Waals surface area contributed by atoms with Crippen molar-refractivity contribution in [3.8, 4) is 16.9 Å². The molecule has 0 radical (unpaired) electrons. The highest BCUT2D eigenvalue weighted by Crippen LogP contribution is 2.34. The molecule has 0 aliphatic heterocycles. The molecule has 3 rings (SSSR count). The Morgan fingerprint density at radius 2 is 2.00 bits per heavy atom. The fourth-order valence-corrected chi connectivity index (χ4v) is 2.16. The predicted octanol–water partition coefficient (Wildman–Crippen LogP) is 3.68. The van der Waals surface area contributed by atoms with Crippen LogP contribution >= 0.6 is 11.6 Å². The predicted molar refractivity (Wildman–Crippen MR) is 78.8 cm³/mol. The zero-order chi connectivity index (χ0) is 13.9. The van der Waals surface area contributed by atoms with Crippen LogP contribution in [0.1, 0.15) is 18.5 Å². The lowest BCUT2D eigenvalue weighted by atomic mass is 10.1. The number of nitrogens with zero attached hydrogens (tertiary/aromatic N) is 1. The van der Waals surface area contributed by atoms with E-state index in [1.807, 2.05) is 30.3 Å². The van der Waals surface area contributed by atoms with Crippen LogP contribution in [0.5, 0.6) is 5.75 Å². The number of aliphatic hydroxyl groups excluding tert-OH is 1. The molecular weight excluding hydrogens is 274 g/mol. The van der Waals surface area contributed by atoms with Crippen LogP contribution in [-0.4, -0.2) is 16.7 Å². The largest absolute Gasteiger partial charge is 0.491 e. The highest BCUT2D eigenvalue weighted by Gasteiger charge is 2.22. The van der Waals surface area contributed by atoms with Gasteiger partial charge in [-0.05, 0) is 42.5 Å². The number of hydrogen-bond donors (Lipinski definition) is 1. The number of halogens is 1. The summed E-state index contributed by atoms with van der Waals surface area (Å²) in [4.78, 5) is 4.20. The number of benzene rings is 1. The molecule has 0 bridgehead atoms. The zero-order valence-electron chi connectivity index (χ0n) is 11.1. The maximum absolute atomic E-state index is 9.25. The third-order valence-corrected chi connectivity index (χ3v) is 3.66. The second kappa shape index (κ2) is 5.81. The van der Waals surface area contributed by atoms with E-state index in [9.17, 15) is 5.11 Å². The van der Waals surface area contributed by atoms with Crippen molar-refractivity contribution in [3.05, 3.63) is 47.2 Å². The van der Waals surface area contributed by atoms with Gasteiger partial charge in [0.2, 0.25) is 0 Å². The standard InChI is InChI=1S/C16H16ClNO2/c17-13-5-3-12(4-6-13)15-7-14(9-19)18-8-16(15)20-10-11-1-2-11/h3-8,11,19H,1-2,9-10H2. The third kappa shape index (κ3) is 3.11. The zero-order valence-corrected chi connectivity index (χ0v) is 11.8. The maximum Gasteiger partial charge on any atom is 0.145 e. The second-order valence-electron chi connectivity index (χ2n) is 5.09. The summed E-state index contributed by atoms with van der Waals surface area (Å²) in [7, 11) is 0. The molecule has 1 saturated carbocycles. The Morgan fingerprint density at radius 1 is 1.25 bits per heavy atom. The summed E-state index contributed by atoms with van der Waals surface area (Å²) in [6.07, 6.45) is 4.19. The van der Waals surface area contributed by atoms with E-state index in [0.717, 1.165) is 23.5 Å². The van der Waals surface area contributed by atoms with Crippen molar-refractivity contribution in [1.82, 2.24) is 4.98 Å². The lowest BCUT2D eigenvalue weighted by Crippen LogP contribution is -2.02. The lowest BCUT2D eigenvalue weighted by Gasteiger charge is -2.12. The van der Waals surface area contributed by atoms with Gasteiger partial charge in [-0.15, -0.1) is 0 Å². The second-order valence-corrected chi connectivity index (χ2v) is 5.53. The van der Waals surface area contributed by atoms with Crippen molar-refractivity contribution < 1.29 is 9.84 Å². The van der Waals surface area contributed by atoms with Crippen LogP contribution in [0, 0.1) is 5.92 Å². The quantitative estimate of drug-likeness (QED) is 0.913. The van der Waals surface area contributed by atoms with E-state index >= 15 is 0 Å². The monoisotopic (exact) mass is 289 g/mol. The highest BCUT2D eigenvalue weighted by molar-refractivity contribution is 6.30. The van der Waals surface area contributed by atoms with Crippen molar-refractivity contribution in [2.45, 2.75) is 19.4 Å². The van der Waals surface area contributed by atoms with Crippen molar-refractivity contribution in [1.29, 1.82) is 0 Å². The van der Waals surface area contributed by atoms with Crippen LogP contribution < -0.4 is 4.74 Å². The normalized spacial score (nSPS) is 14.3. The van der Waals surface area contributed by atoms with Crippen LogP contribution in [-0.2, 0) is 6.61 Å². The Labute approximate surface area is 123 Å². The summed E-state index contributed by atoms with van der Waals surface area (Å²) in [5.74, 6) is 1.45. The molecule has 104 valence electrons. The summed E-state index contributed by atoms with van der Waals surface area (Å²) < 4.78 is 5.87. The molecular formula is C16H16ClNO2. The van der Waals surface area contributed by atoms with Crippen molar-refractivity contribution in [3.63, 3.8) is 0 Å². The van der Waals surface area contributed by atoms with E-state index in [0.29, 0.717) is 16.6 Å². The molecule has 20 heavy (non-hydrogen) atoms. The number of pyridine rings is 1. The molecule has 1 heterocycles.